The molecule has 2 aromatic rings. The summed E-state index contributed by atoms with van der Waals surface area (Å²) in [6.45, 7) is 3.73. The number of carbonyl (C=O) groups is 1. The third kappa shape index (κ3) is 3.27. The first-order valence-corrected chi connectivity index (χ1v) is 11.2. The van der Waals surface area contributed by atoms with Gasteiger partial charge in [0.1, 0.15) is 11.6 Å². The first-order valence-electron chi connectivity index (χ1n) is 11.2. The average Bonchev–Trinajstić information content (AvgIpc) is 3.51. The van der Waals surface area contributed by atoms with Gasteiger partial charge in [-0.05, 0) is 31.2 Å². The Morgan fingerprint density at radius 3 is 2.42 bits per heavy atom. The number of aromatic nitrogens is 3. The second-order valence-corrected chi connectivity index (χ2v) is 9.58. The summed E-state index contributed by atoms with van der Waals surface area (Å²) in [4.78, 5) is 31.4. The van der Waals surface area contributed by atoms with E-state index in [0.29, 0.717) is 42.5 Å². The van der Waals surface area contributed by atoms with Gasteiger partial charge in [-0.2, -0.15) is 18.2 Å². The van der Waals surface area contributed by atoms with Crippen LogP contribution in [0.2, 0.25) is 0 Å². The number of piperazine rings is 1. The maximum Gasteiger partial charge on any atom is 0.419 e. The predicted molar refractivity (Wildman–Crippen MR) is 115 cm³/mol. The number of nitrogen functional groups attached to an aromatic ring is 1. The van der Waals surface area contributed by atoms with Crippen molar-refractivity contribution >= 4 is 23.5 Å². The van der Waals surface area contributed by atoms with Gasteiger partial charge in [0.05, 0.1) is 23.3 Å². The lowest BCUT2D eigenvalue weighted by Crippen LogP contribution is -2.48. The zero-order chi connectivity index (χ0) is 23.1. The summed E-state index contributed by atoms with van der Waals surface area (Å²) in [6, 6.07) is 3.39. The highest BCUT2D eigenvalue weighted by Crippen LogP contribution is 2.44. The molecule has 174 valence electrons. The molecule has 1 saturated carbocycles. The predicted octanol–water partition coefficient (Wildman–Crippen LogP) is 2.55. The number of hydrogen-bond acceptors (Lipinski definition) is 7. The van der Waals surface area contributed by atoms with Gasteiger partial charge in [0.15, 0.2) is 0 Å². The van der Waals surface area contributed by atoms with Crippen LogP contribution in [0.15, 0.2) is 18.3 Å². The zero-order valence-corrected chi connectivity index (χ0v) is 18.1. The van der Waals surface area contributed by atoms with Crippen LogP contribution in [0.25, 0.3) is 11.3 Å². The second kappa shape index (κ2) is 6.94. The van der Waals surface area contributed by atoms with E-state index < -0.39 is 17.6 Å². The van der Waals surface area contributed by atoms with Gasteiger partial charge in [0.25, 0.3) is 0 Å². The molecule has 7 rings (SSSR count). The molecule has 0 aromatic carbocycles. The Bertz CT molecular complexity index is 1130. The summed E-state index contributed by atoms with van der Waals surface area (Å²) in [7, 11) is 0. The second-order valence-electron chi connectivity index (χ2n) is 9.58. The smallest absolute Gasteiger partial charge is 0.383 e. The van der Waals surface area contributed by atoms with Crippen molar-refractivity contribution in [2.75, 3.05) is 35.2 Å². The quantitative estimate of drug-likeness (QED) is 0.754. The summed E-state index contributed by atoms with van der Waals surface area (Å²) in [5.41, 5.74) is 5.18. The molecular formula is C22H24F3N7O. The number of fused-ring (bicyclic) bond motifs is 3. The summed E-state index contributed by atoms with van der Waals surface area (Å²) in [6.07, 6.45) is -0.201. The van der Waals surface area contributed by atoms with Crippen molar-refractivity contribution in [3.8, 4) is 11.3 Å². The van der Waals surface area contributed by atoms with E-state index in [2.05, 4.69) is 19.8 Å². The molecule has 2 atom stereocenters. The number of amides is 1. The number of likely N-dealkylation sites (tertiary alicyclic amines) is 1. The highest BCUT2D eigenvalue weighted by atomic mass is 19.4. The molecule has 1 aliphatic carbocycles. The molecule has 5 fully saturated rings. The highest BCUT2D eigenvalue weighted by molar-refractivity contribution is 5.75. The van der Waals surface area contributed by atoms with Gasteiger partial charge < -0.3 is 20.4 Å². The summed E-state index contributed by atoms with van der Waals surface area (Å²) >= 11 is 0. The van der Waals surface area contributed by atoms with Crippen LogP contribution in [0.1, 0.15) is 31.7 Å². The number of carbonyl (C=O) groups excluding carboxylic acids is 1. The monoisotopic (exact) mass is 459 g/mol. The lowest BCUT2D eigenvalue weighted by Gasteiger charge is -2.35. The molecule has 1 amide bonds. The normalized spacial score (nSPS) is 27.9. The Balaban J connectivity index is 1.40. The fourth-order valence-corrected chi connectivity index (χ4v) is 5.80. The Hall–Kier alpha value is -3.11. The number of pyridine rings is 1. The number of anilines is 3. The van der Waals surface area contributed by atoms with Crippen molar-refractivity contribution in [2.24, 2.45) is 5.92 Å². The molecule has 4 bridgehead atoms. The minimum absolute atomic E-state index is 0.0655. The van der Waals surface area contributed by atoms with Crippen molar-refractivity contribution < 1.29 is 18.0 Å². The van der Waals surface area contributed by atoms with E-state index in [1.165, 1.54) is 6.20 Å². The number of hydrogen-bond donors (Lipinski definition) is 1. The van der Waals surface area contributed by atoms with Crippen molar-refractivity contribution in [1.82, 2.24) is 19.9 Å². The molecule has 5 aliphatic rings. The van der Waals surface area contributed by atoms with E-state index in [1.54, 1.807) is 13.0 Å². The SMILES string of the molecule is CC(=O)N1CC2CC1CN2c1cc(-c2cnc(N)c(C(F)(F)F)c2)nc(N2CC3CC2C3)n1. The maximum absolute atomic E-state index is 13.5. The van der Waals surface area contributed by atoms with Crippen LogP contribution in [0.3, 0.4) is 0 Å². The zero-order valence-electron chi connectivity index (χ0n) is 18.1. The van der Waals surface area contributed by atoms with Crippen LogP contribution >= 0.6 is 0 Å². The van der Waals surface area contributed by atoms with E-state index in [-0.39, 0.29) is 23.6 Å². The summed E-state index contributed by atoms with van der Waals surface area (Å²) < 4.78 is 40.4. The molecule has 0 spiro atoms. The van der Waals surface area contributed by atoms with Gasteiger partial charge in [-0.15, -0.1) is 0 Å². The van der Waals surface area contributed by atoms with E-state index in [0.717, 1.165) is 31.9 Å². The minimum atomic E-state index is -4.60. The molecule has 2 N–H and O–H groups in total. The van der Waals surface area contributed by atoms with E-state index in [4.69, 9.17) is 10.7 Å². The molecule has 11 heteroatoms. The first-order chi connectivity index (χ1) is 15.7. The minimum Gasteiger partial charge on any atom is -0.383 e. The molecule has 2 unspecified atom stereocenters. The fourth-order valence-electron chi connectivity index (χ4n) is 5.80. The lowest BCUT2D eigenvalue weighted by molar-refractivity contribution is -0.137. The van der Waals surface area contributed by atoms with Gasteiger partial charge in [-0.1, -0.05) is 0 Å². The number of nitrogens with two attached hydrogens (primary N) is 1. The molecular weight excluding hydrogens is 435 g/mol. The Morgan fingerprint density at radius 2 is 1.82 bits per heavy atom. The number of rotatable bonds is 3. The van der Waals surface area contributed by atoms with E-state index >= 15 is 0 Å². The summed E-state index contributed by atoms with van der Waals surface area (Å²) in [5.74, 6) is 1.37. The maximum atomic E-state index is 13.5. The van der Waals surface area contributed by atoms with E-state index in [1.807, 2.05) is 4.90 Å². The summed E-state index contributed by atoms with van der Waals surface area (Å²) in [5, 5.41) is 0. The van der Waals surface area contributed by atoms with E-state index in [9.17, 15) is 18.0 Å². The van der Waals surface area contributed by atoms with Gasteiger partial charge in [-0.3, -0.25) is 4.79 Å². The molecule has 4 aliphatic heterocycles. The van der Waals surface area contributed by atoms with Crippen molar-refractivity contribution in [1.29, 1.82) is 0 Å². The van der Waals surface area contributed by atoms with Crippen molar-refractivity contribution in [2.45, 2.75) is 50.5 Å². The third-order valence-electron chi connectivity index (χ3n) is 7.52. The standard InChI is InChI=1S/C22H24F3N7O/c1-11(33)30-9-16-5-15(30)10-31(16)19-6-18(13-4-17(22(23,24)25)20(26)27-7-13)28-21(29-19)32-8-12-2-14(32)3-12/h4,6-7,12,14-16H,2-3,5,8-10H2,1H3,(H2,26,27). The number of nitrogens with zero attached hydrogens (tertiary/aromatic N) is 6. The third-order valence-corrected chi connectivity index (χ3v) is 7.52. The topological polar surface area (TPSA) is 91.5 Å². The van der Waals surface area contributed by atoms with Crippen molar-refractivity contribution in [3.63, 3.8) is 0 Å². The fraction of sp³-hybridized carbons (Fsp3) is 0.545. The lowest BCUT2D eigenvalue weighted by atomic mass is 9.86. The highest BCUT2D eigenvalue weighted by Gasteiger charge is 2.46. The Morgan fingerprint density at radius 1 is 1.03 bits per heavy atom. The van der Waals surface area contributed by atoms with Crippen LogP contribution in [0, 0.1) is 5.92 Å². The molecule has 6 heterocycles. The van der Waals surface area contributed by atoms with Crippen LogP contribution in [0.4, 0.5) is 30.8 Å². The van der Waals surface area contributed by atoms with Crippen LogP contribution in [-0.4, -0.2) is 63.5 Å². The molecule has 4 saturated heterocycles. The first kappa shape index (κ1) is 20.5. The van der Waals surface area contributed by atoms with Crippen molar-refractivity contribution in [3.05, 3.63) is 23.9 Å². The molecule has 0 radical (unpaired) electrons. The Labute approximate surface area is 188 Å². The number of halogens is 3. The van der Waals surface area contributed by atoms with Gasteiger partial charge in [0.2, 0.25) is 11.9 Å². The average molecular weight is 459 g/mol. The molecule has 8 nitrogen and oxygen atoms in total. The Kier molecular flexibility index (Phi) is 4.31. The van der Waals surface area contributed by atoms with Crippen LogP contribution in [-0.2, 0) is 11.0 Å². The van der Waals surface area contributed by atoms with Gasteiger partial charge >= 0.3 is 6.18 Å². The van der Waals surface area contributed by atoms with Gasteiger partial charge in [-0.25, -0.2) is 9.97 Å². The van der Waals surface area contributed by atoms with Gasteiger partial charge in [0, 0.05) is 50.4 Å². The number of alkyl halides is 3. The van der Waals surface area contributed by atoms with Crippen LogP contribution in [0.5, 0.6) is 0 Å². The molecule has 33 heavy (non-hydrogen) atoms. The molecule has 2 aromatic heterocycles. The van der Waals surface area contributed by atoms with Crippen LogP contribution < -0.4 is 15.5 Å². The largest absolute Gasteiger partial charge is 0.419 e.